The molecule has 208 valence electrons. The largest absolute Gasteiger partial charge is 0.416 e. The van der Waals surface area contributed by atoms with E-state index < -0.39 is 22.9 Å². The molecule has 1 atom stereocenters. The van der Waals surface area contributed by atoms with Gasteiger partial charge < -0.3 is 5.32 Å². The number of anilines is 1. The molecule has 1 amide bonds. The van der Waals surface area contributed by atoms with Crippen LogP contribution in [0.1, 0.15) is 21.9 Å². The molecule has 5 nitrogen and oxygen atoms in total. The van der Waals surface area contributed by atoms with Gasteiger partial charge in [0.2, 0.25) is 5.91 Å². The summed E-state index contributed by atoms with van der Waals surface area (Å²) in [6.45, 7) is 0.311. The molecule has 1 N–H and O–H groups in total. The molecule has 0 radical (unpaired) electrons. The van der Waals surface area contributed by atoms with E-state index in [1.165, 1.54) is 0 Å². The van der Waals surface area contributed by atoms with Crippen LogP contribution in [0.3, 0.4) is 0 Å². The molecule has 1 heterocycles. The van der Waals surface area contributed by atoms with E-state index in [2.05, 4.69) is 5.32 Å². The number of hydrogen-bond donors (Lipinski definition) is 1. The van der Waals surface area contributed by atoms with Crippen molar-refractivity contribution in [2.75, 3.05) is 5.32 Å². The van der Waals surface area contributed by atoms with Crippen LogP contribution < -0.4 is 10.9 Å². The number of para-hydroxylation sites is 1. The molecule has 0 aliphatic rings. The van der Waals surface area contributed by atoms with E-state index in [0.29, 0.717) is 34.6 Å². The van der Waals surface area contributed by atoms with Crippen molar-refractivity contribution in [2.45, 2.75) is 29.5 Å². The zero-order valence-electron chi connectivity index (χ0n) is 21.4. The third-order valence-electron chi connectivity index (χ3n) is 6.41. The number of rotatable bonds is 8. The first-order chi connectivity index (χ1) is 19.7. The molecule has 0 unspecified atom stereocenters. The fraction of sp³-hybridized carbons (Fsp3) is 0.129. The maximum Gasteiger partial charge on any atom is 0.416 e. The van der Waals surface area contributed by atoms with Crippen molar-refractivity contribution in [3.63, 3.8) is 0 Å². The van der Waals surface area contributed by atoms with Crippen molar-refractivity contribution in [3.8, 4) is 0 Å². The summed E-state index contributed by atoms with van der Waals surface area (Å²) in [5, 5.41) is 2.32. The van der Waals surface area contributed by atoms with Gasteiger partial charge in [-0.3, -0.25) is 14.2 Å². The number of aryl methyl sites for hydroxylation is 1. The van der Waals surface area contributed by atoms with Gasteiger partial charge in [0.1, 0.15) is 5.25 Å². The number of benzene rings is 4. The van der Waals surface area contributed by atoms with Crippen molar-refractivity contribution < 1.29 is 18.0 Å². The van der Waals surface area contributed by atoms with Crippen molar-refractivity contribution in [1.29, 1.82) is 0 Å². The molecular weight excluding hydrogens is 571 g/mol. The molecule has 5 rings (SSSR count). The van der Waals surface area contributed by atoms with Gasteiger partial charge >= 0.3 is 6.18 Å². The summed E-state index contributed by atoms with van der Waals surface area (Å²) in [6, 6.07) is 28.2. The summed E-state index contributed by atoms with van der Waals surface area (Å²) in [6.07, 6.45) is -4.06. The van der Waals surface area contributed by atoms with Crippen LogP contribution in [0.15, 0.2) is 113 Å². The lowest BCUT2D eigenvalue weighted by atomic mass is 10.1. The molecule has 1 aromatic heterocycles. The van der Waals surface area contributed by atoms with Crippen LogP contribution in [0, 0.1) is 0 Å². The van der Waals surface area contributed by atoms with E-state index in [1.54, 1.807) is 59.2 Å². The molecule has 0 spiro atoms. The number of alkyl halides is 3. The van der Waals surface area contributed by atoms with Crippen molar-refractivity contribution in [1.82, 2.24) is 9.55 Å². The quantitative estimate of drug-likeness (QED) is 0.147. The lowest BCUT2D eigenvalue weighted by molar-refractivity contribution is -0.137. The Labute approximate surface area is 243 Å². The second-order valence-electron chi connectivity index (χ2n) is 9.19. The number of aromatic nitrogens is 2. The van der Waals surface area contributed by atoms with Gasteiger partial charge in [0.15, 0.2) is 5.16 Å². The lowest BCUT2D eigenvalue weighted by Crippen LogP contribution is -2.26. The SMILES string of the molecule is O=C(Nc1cc(C(F)(F)F)ccc1Cl)[C@H](Sc1nc2ccccc2c(=O)n1CCc1ccccc1)c1ccccc1. The van der Waals surface area contributed by atoms with Gasteiger partial charge in [-0.1, -0.05) is 96.2 Å². The highest BCUT2D eigenvalue weighted by atomic mass is 35.5. The van der Waals surface area contributed by atoms with E-state index in [0.717, 1.165) is 35.5 Å². The minimum absolute atomic E-state index is 0.0354. The third-order valence-corrected chi connectivity index (χ3v) is 7.98. The first-order valence-electron chi connectivity index (χ1n) is 12.6. The van der Waals surface area contributed by atoms with Gasteiger partial charge in [-0.15, -0.1) is 0 Å². The number of carbonyl (C=O) groups is 1. The molecule has 0 fully saturated rings. The fourth-order valence-electron chi connectivity index (χ4n) is 4.32. The maximum absolute atomic E-state index is 13.7. The van der Waals surface area contributed by atoms with Crippen molar-refractivity contribution in [3.05, 3.63) is 135 Å². The second kappa shape index (κ2) is 12.2. The molecule has 4 aromatic carbocycles. The Morgan fingerprint density at radius 3 is 2.29 bits per heavy atom. The van der Waals surface area contributed by atoms with E-state index in [1.807, 2.05) is 30.3 Å². The van der Waals surface area contributed by atoms with Crippen LogP contribution in [-0.2, 0) is 23.9 Å². The Balaban J connectivity index is 1.54. The summed E-state index contributed by atoms with van der Waals surface area (Å²) < 4.78 is 41.6. The van der Waals surface area contributed by atoms with E-state index >= 15 is 0 Å². The van der Waals surface area contributed by atoms with Gasteiger partial charge in [0.25, 0.3) is 5.56 Å². The van der Waals surface area contributed by atoms with Gasteiger partial charge in [0.05, 0.1) is 27.2 Å². The fourth-order valence-corrected chi connectivity index (χ4v) is 5.61. The average molecular weight is 594 g/mol. The number of fused-ring (bicyclic) bond motifs is 1. The van der Waals surface area contributed by atoms with E-state index in [-0.39, 0.29) is 16.3 Å². The number of amides is 1. The van der Waals surface area contributed by atoms with Crippen molar-refractivity contribution in [2.24, 2.45) is 0 Å². The van der Waals surface area contributed by atoms with Crippen molar-refractivity contribution >= 4 is 45.9 Å². The molecule has 0 saturated carbocycles. The summed E-state index contributed by atoms with van der Waals surface area (Å²) in [4.78, 5) is 32.0. The normalized spacial score (nSPS) is 12.3. The Bertz CT molecular complexity index is 1750. The van der Waals surface area contributed by atoms with E-state index in [9.17, 15) is 22.8 Å². The molecule has 10 heteroatoms. The topological polar surface area (TPSA) is 64.0 Å². The monoisotopic (exact) mass is 593 g/mol. The Kier molecular flexibility index (Phi) is 8.46. The molecular formula is C31H23ClF3N3O2S. The van der Waals surface area contributed by atoms with Crippen LogP contribution in [0.2, 0.25) is 5.02 Å². The highest BCUT2D eigenvalue weighted by molar-refractivity contribution is 8.00. The zero-order valence-corrected chi connectivity index (χ0v) is 23.0. The summed E-state index contributed by atoms with van der Waals surface area (Å²) in [5.74, 6) is -0.612. The first-order valence-corrected chi connectivity index (χ1v) is 13.9. The van der Waals surface area contributed by atoms with Gasteiger partial charge in [-0.05, 0) is 47.9 Å². The van der Waals surface area contributed by atoms with Crippen LogP contribution in [0.5, 0.6) is 0 Å². The van der Waals surface area contributed by atoms with Crippen LogP contribution in [0.25, 0.3) is 10.9 Å². The molecule has 0 aliphatic heterocycles. The summed E-state index contributed by atoms with van der Waals surface area (Å²) in [7, 11) is 0. The van der Waals surface area contributed by atoms with Crippen LogP contribution in [0.4, 0.5) is 18.9 Å². The number of nitrogens with zero attached hydrogens (tertiary/aromatic N) is 2. The smallest absolute Gasteiger partial charge is 0.323 e. The second-order valence-corrected chi connectivity index (χ2v) is 10.7. The van der Waals surface area contributed by atoms with E-state index in [4.69, 9.17) is 16.6 Å². The summed E-state index contributed by atoms with van der Waals surface area (Å²) >= 11 is 7.22. The zero-order chi connectivity index (χ0) is 29.0. The molecule has 0 bridgehead atoms. The highest BCUT2D eigenvalue weighted by Gasteiger charge is 2.32. The van der Waals surface area contributed by atoms with Gasteiger partial charge in [0, 0.05) is 6.54 Å². The number of nitrogens with one attached hydrogen (secondary N) is 1. The minimum Gasteiger partial charge on any atom is -0.323 e. The predicted molar refractivity (Wildman–Crippen MR) is 156 cm³/mol. The van der Waals surface area contributed by atoms with Gasteiger partial charge in [-0.25, -0.2) is 4.98 Å². The number of thioether (sulfide) groups is 1. The highest BCUT2D eigenvalue weighted by Crippen LogP contribution is 2.38. The van der Waals surface area contributed by atoms with Crippen LogP contribution >= 0.6 is 23.4 Å². The Morgan fingerprint density at radius 2 is 1.59 bits per heavy atom. The minimum atomic E-state index is -4.61. The lowest BCUT2D eigenvalue weighted by Gasteiger charge is -2.20. The summed E-state index contributed by atoms with van der Waals surface area (Å²) in [5.41, 5.74) is 0.731. The first kappa shape index (κ1) is 28.4. The molecule has 0 aliphatic carbocycles. The Morgan fingerprint density at radius 1 is 0.927 bits per heavy atom. The molecule has 5 aromatic rings. The van der Waals surface area contributed by atoms with Gasteiger partial charge in [-0.2, -0.15) is 13.2 Å². The average Bonchev–Trinajstić information content (AvgIpc) is 2.97. The number of carbonyl (C=O) groups excluding carboxylic acids is 1. The maximum atomic E-state index is 13.7. The number of hydrogen-bond acceptors (Lipinski definition) is 4. The molecule has 0 saturated heterocycles. The number of halogens is 4. The molecule has 41 heavy (non-hydrogen) atoms. The Hall–Kier alpha value is -4.08. The van der Waals surface area contributed by atoms with Crippen LogP contribution in [-0.4, -0.2) is 15.5 Å². The third kappa shape index (κ3) is 6.64. The predicted octanol–water partition coefficient (Wildman–Crippen LogP) is 7.78. The standard InChI is InChI=1S/C31H23ClF3N3O2S/c32-24-16-15-22(31(33,34)35)19-26(24)36-28(39)27(21-11-5-2-6-12-21)41-30-37-25-14-8-7-13-23(25)29(40)38(30)18-17-20-9-3-1-4-10-20/h1-16,19,27H,17-18H2,(H,36,39)/t27-/m1/s1.